The van der Waals surface area contributed by atoms with Crippen molar-refractivity contribution in [2.24, 2.45) is 12.5 Å². The number of nitrogens with zero attached hydrogens (tertiary/aromatic N) is 2. The molecule has 7 heteroatoms. The number of pyridine rings is 1. The second kappa shape index (κ2) is 5.69. The van der Waals surface area contributed by atoms with E-state index in [-0.39, 0.29) is 29.0 Å². The molecule has 2 aliphatic carbocycles. The number of nitrogens with one attached hydrogen (secondary N) is 2. The molecule has 0 aliphatic heterocycles. The molecule has 2 aromatic heterocycles. The van der Waals surface area contributed by atoms with Crippen molar-refractivity contribution in [2.75, 3.05) is 6.61 Å². The van der Waals surface area contributed by atoms with Gasteiger partial charge in [-0.1, -0.05) is 6.42 Å². The molecule has 2 atom stereocenters. The van der Waals surface area contributed by atoms with Crippen LogP contribution in [0.3, 0.4) is 0 Å². The number of H-pyrrole nitrogens is 1. The highest BCUT2D eigenvalue weighted by Gasteiger charge is 2.59. The minimum absolute atomic E-state index is 0.0932. The van der Waals surface area contributed by atoms with E-state index in [4.69, 9.17) is 4.74 Å². The first-order valence-corrected chi connectivity index (χ1v) is 8.95. The molecular weight excluding hydrogens is 320 g/mol. The highest BCUT2D eigenvalue weighted by atomic mass is 16.5. The van der Waals surface area contributed by atoms with E-state index in [2.05, 4.69) is 15.4 Å². The van der Waals surface area contributed by atoms with Crippen LogP contribution in [0.5, 0.6) is 0 Å². The first-order valence-electron chi connectivity index (χ1n) is 8.95. The van der Waals surface area contributed by atoms with Gasteiger partial charge in [0.15, 0.2) is 5.65 Å². The van der Waals surface area contributed by atoms with Gasteiger partial charge in [0, 0.05) is 30.8 Å². The summed E-state index contributed by atoms with van der Waals surface area (Å²) in [5, 5.41) is 6.20. The van der Waals surface area contributed by atoms with Crippen LogP contribution in [0.2, 0.25) is 0 Å². The number of fused-ring (bicyclic) bond motifs is 1. The van der Waals surface area contributed by atoms with Crippen LogP contribution in [0.4, 0.5) is 0 Å². The maximum atomic E-state index is 12.9. The van der Waals surface area contributed by atoms with Gasteiger partial charge in [0.25, 0.3) is 11.5 Å². The number of carbonyl (C=O) groups excluding carboxylic acids is 1. The number of rotatable bonds is 4. The third-order valence-corrected chi connectivity index (χ3v) is 5.93. The van der Waals surface area contributed by atoms with E-state index in [1.807, 2.05) is 13.8 Å². The Morgan fingerprint density at radius 1 is 1.52 bits per heavy atom. The molecule has 2 saturated carbocycles. The van der Waals surface area contributed by atoms with E-state index in [9.17, 15) is 9.59 Å². The summed E-state index contributed by atoms with van der Waals surface area (Å²) in [5.41, 5.74) is 1.43. The molecule has 1 amide bonds. The number of aromatic nitrogens is 3. The number of hydrogen-bond donors (Lipinski definition) is 2. The van der Waals surface area contributed by atoms with Crippen molar-refractivity contribution in [1.82, 2.24) is 20.1 Å². The Labute approximate surface area is 145 Å². The molecule has 2 heterocycles. The summed E-state index contributed by atoms with van der Waals surface area (Å²) in [6, 6.07) is 1.82. The van der Waals surface area contributed by atoms with Crippen molar-refractivity contribution in [1.29, 1.82) is 0 Å². The summed E-state index contributed by atoms with van der Waals surface area (Å²) in [6.45, 7) is 4.54. The molecule has 0 bridgehead atoms. The molecule has 2 N–H and O–H groups in total. The summed E-state index contributed by atoms with van der Waals surface area (Å²) in [5.74, 6) is -0.196. The first-order chi connectivity index (χ1) is 12.0. The fourth-order valence-electron chi connectivity index (χ4n) is 4.44. The lowest BCUT2D eigenvalue weighted by atomic mass is 9.51. The van der Waals surface area contributed by atoms with Crippen LogP contribution in [-0.4, -0.2) is 39.4 Å². The molecule has 2 fully saturated rings. The van der Waals surface area contributed by atoms with Crippen LogP contribution in [0, 0.1) is 12.3 Å². The SMILES string of the molecule is CCO[C@@H]1C[C@H](NC(=O)c2cc(C)nc3c2c(=O)[nH]n3C)C12CCC2. The third kappa shape index (κ3) is 2.33. The van der Waals surface area contributed by atoms with E-state index < -0.39 is 0 Å². The van der Waals surface area contributed by atoms with Gasteiger partial charge in [-0.3, -0.25) is 19.4 Å². The van der Waals surface area contributed by atoms with Gasteiger partial charge in [-0.2, -0.15) is 0 Å². The Kier molecular flexibility index (Phi) is 3.72. The van der Waals surface area contributed by atoms with Gasteiger partial charge >= 0.3 is 0 Å². The van der Waals surface area contributed by atoms with Crippen LogP contribution in [0.1, 0.15) is 48.7 Å². The monoisotopic (exact) mass is 344 g/mol. The van der Waals surface area contributed by atoms with Crippen LogP contribution in [-0.2, 0) is 11.8 Å². The normalized spacial score (nSPS) is 24.1. The lowest BCUT2D eigenvalue weighted by Gasteiger charge is -2.61. The third-order valence-electron chi connectivity index (χ3n) is 5.93. The fourth-order valence-corrected chi connectivity index (χ4v) is 4.44. The maximum Gasteiger partial charge on any atom is 0.274 e. The van der Waals surface area contributed by atoms with Crippen LogP contribution < -0.4 is 10.9 Å². The number of amides is 1. The van der Waals surface area contributed by atoms with E-state index in [1.165, 1.54) is 6.42 Å². The summed E-state index contributed by atoms with van der Waals surface area (Å²) in [6.07, 6.45) is 4.47. The molecule has 0 unspecified atom stereocenters. The second-order valence-corrected chi connectivity index (χ2v) is 7.30. The molecule has 2 aliphatic rings. The molecule has 4 rings (SSSR count). The summed E-state index contributed by atoms with van der Waals surface area (Å²) >= 11 is 0. The lowest BCUT2D eigenvalue weighted by Crippen LogP contribution is -2.67. The Morgan fingerprint density at radius 3 is 2.92 bits per heavy atom. The van der Waals surface area contributed by atoms with Crippen molar-refractivity contribution in [3.8, 4) is 0 Å². The molecule has 0 aromatic carbocycles. The number of aryl methyl sites for hydroxylation is 2. The average molecular weight is 344 g/mol. The zero-order valence-corrected chi connectivity index (χ0v) is 14.9. The van der Waals surface area contributed by atoms with Crippen LogP contribution in [0.25, 0.3) is 11.0 Å². The Hall–Kier alpha value is -2.15. The fraction of sp³-hybridized carbons (Fsp3) is 0.611. The maximum absolute atomic E-state index is 12.9. The summed E-state index contributed by atoms with van der Waals surface area (Å²) in [7, 11) is 1.72. The highest BCUT2D eigenvalue weighted by Crippen LogP contribution is 2.57. The van der Waals surface area contributed by atoms with E-state index in [0.29, 0.717) is 28.9 Å². The van der Waals surface area contributed by atoms with Gasteiger partial charge < -0.3 is 10.1 Å². The van der Waals surface area contributed by atoms with E-state index in [1.54, 1.807) is 17.8 Å². The number of hydrogen-bond acceptors (Lipinski definition) is 4. The molecule has 25 heavy (non-hydrogen) atoms. The lowest BCUT2D eigenvalue weighted by molar-refractivity contribution is -0.169. The van der Waals surface area contributed by atoms with Gasteiger partial charge in [-0.25, -0.2) is 4.98 Å². The molecule has 0 radical (unpaired) electrons. The van der Waals surface area contributed by atoms with Crippen molar-refractivity contribution in [3.05, 3.63) is 27.7 Å². The smallest absolute Gasteiger partial charge is 0.274 e. The standard InChI is InChI=1S/C18H24N4O3/c1-4-25-13-9-12(18(13)6-5-7-18)20-16(23)11-8-10(2)19-15-14(11)17(24)21-22(15)3/h8,12-13H,4-7,9H2,1-3H3,(H,20,23)(H,21,24)/t12-,13+/m0/s1. The predicted octanol–water partition coefficient (Wildman–Crippen LogP) is 1.65. The van der Waals surface area contributed by atoms with E-state index in [0.717, 1.165) is 19.3 Å². The van der Waals surface area contributed by atoms with Crippen molar-refractivity contribution < 1.29 is 9.53 Å². The Bertz CT molecular complexity index is 894. The zero-order chi connectivity index (χ0) is 17.8. The predicted molar refractivity (Wildman–Crippen MR) is 93.6 cm³/mol. The minimum atomic E-state index is -0.283. The van der Waals surface area contributed by atoms with Crippen LogP contribution in [0.15, 0.2) is 10.9 Å². The zero-order valence-electron chi connectivity index (χ0n) is 14.9. The molecule has 2 aromatic rings. The molecule has 1 spiro atoms. The average Bonchev–Trinajstić information content (AvgIpc) is 2.78. The highest BCUT2D eigenvalue weighted by molar-refractivity contribution is 6.05. The quantitative estimate of drug-likeness (QED) is 0.882. The Morgan fingerprint density at radius 2 is 2.28 bits per heavy atom. The summed E-state index contributed by atoms with van der Waals surface area (Å²) < 4.78 is 7.40. The van der Waals surface area contributed by atoms with Gasteiger partial charge in [0.2, 0.25) is 0 Å². The number of aromatic amines is 1. The van der Waals surface area contributed by atoms with Gasteiger partial charge in [0.05, 0.1) is 17.1 Å². The van der Waals surface area contributed by atoms with Gasteiger partial charge in [-0.15, -0.1) is 0 Å². The largest absolute Gasteiger partial charge is 0.378 e. The molecule has 134 valence electrons. The molecule has 0 saturated heterocycles. The second-order valence-electron chi connectivity index (χ2n) is 7.30. The number of ether oxygens (including phenoxy) is 1. The first kappa shape index (κ1) is 16.3. The molecular formula is C18H24N4O3. The minimum Gasteiger partial charge on any atom is -0.378 e. The topological polar surface area (TPSA) is 89.0 Å². The van der Waals surface area contributed by atoms with Crippen LogP contribution >= 0.6 is 0 Å². The van der Waals surface area contributed by atoms with Crippen molar-refractivity contribution >= 4 is 16.9 Å². The van der Waals surface area contributed by atoms with Crippen molar-refractivity contribution in [2.45, 2.75) is 51.7 Å². The van der Waals surface area contributed by atoms with Gasteiger partial charge in [0.1, 0.15) is 0 Å². The van der Waals surface area contributed by atoms with Gasteiger partial charge in [-0.05, 0) is 39.2 Å². The summed E-state index contributed by atoms with van der Waals surface area (Å²) in [4.78, 5) is 29.5. The molecule has 7 nitrogen and oxygen atoms in total. The Balaban J connectivity index is 1.62. The van der Waals surface area contributed by atoms with Crippen molar-refractivity contribution in [3.63, 3.8) is 0 Å². The van der Waals surface area contributed by atoms with E-state index >= 15 is 0 Å². The number of carbonyl (C=O) groups is 1.